The Balaban J connectivity index is 2.13. The first-order chi connectivity index (χ1) is 9.69. The van der Waals surface area contributed by atoms with E-state index < -0.39 is 0 Å². The van der Waals surface area contributed by atoms with Crippen molar-refractivity contribution in [2.75, 3.05) is 32.1 Å². The van der Waals surface area contributed by atoms with Crippen molar-refractivity contribution >= 4 is 16.5 Å². The van der Waals surface area contributed by atoms with Gasteiger partial charge in [0.15, 0.2) is 5.13 Å². The Morgan fingerprint density at radius 1 is 1.50 bits per heavy atom. The Morgan fingerprint density at radius 3 is 2.95 bits per heavy atom. The molecule has 2 rings (SSSR count). The summed E-state index contributed by atoms with van der Waals surface area (Å²) in [5.74, 6) is 0.642. The summed E-state index contributed by atoms with van der Waals surface area (Å²) in [5, 5.41) is 4.43. The molecule has 0 amide bonds. The molecule has 5 heteroatoms. The maximum Gasteiger partial charge on any atom is 0.185 e. The Labute approximate surface area is 126 Å². The van der Waals surface area contributed by atoms with Crippen LogP contribution in [-0.2, 0) is 17.7 Å². The molecule has 0 aromatic carbocycles. The van der Waals surface area contributed by atoms with Crippen molar-refractivity contribution in [2.45, 2.75) is 45.8 Å². The third-order valence-electron chi connectivity index (χ3n) is 4.05. The fourth-order valence-electron chi connectivity index (χ4n) is 2.75. The minimum atomic E-state index is 0.329. The number of hydrogen-bond acceptors (Lipinski definition) is 5. The number of ether oxygens (including phenoxy) is 1. The lowest BCUT2D eigenvalue weighted by molar-refractivity contribution is 0.0498. The molecule has 0 radical (unpaired) electrons. The van der Waals surface area contributed by atoms with Gasteiger partial charge in [0.1, 0.15) is 0 Å². The van der Waals surface area contributed by atoms with E-state index in [9.17, 15) is 0 Å². The van der Waals surface area contributed by atoms with Gasteiger partial charge in [-0.1, -0.05) is 20.3 Å². The Kier molecular flexibility index (Phi) is 5.81. The zero-order valence-electron chi connectivity index (χ0n) is 13.1. The van der Waals surface area contributed by atoms with Crippen molar-refractivity contribution in [3.8, 4) is 0 Å². The van der Waals surface area contributed by atoms with Crippen molar-refractivity contribution in [1.29, 1.82) is 0 Å². The number of piperidine rings is 1. The third kappa shape index (κ3) is 3.51. The van der Waals surface area contributed by atoms with Gasteiger partial charge in [-0.25, -0.2) is 4.98 Å². The van der Waals surface area contributed by atoms with Gasteiger partial charge < -0.3 is 15.0 Å². The second-order valence-electron chi connectivity index (χ2n) is 5.63. The molecule has 0 bridgehead atoms. The number of thiazole rings is 1. The molecule has 2 atom stereocenters. The van der Waals surface area contributed by atoms with Crippen LogP contribution in [0.5, 0.6) is 0 Å². The molecule has 0 spiro atoms. The van der Waals surface area contributed by atoms with E-state index in [1.807, 2.05) is 25.5 Å². The molecule has 1 saturated heterocycles. The topological polar surface area (TPSA) is 37.4 Å². The normalized spacial score (nSPS) is 23.3. The molecule has 1 N–H and O–H groups in total. The van der Waals surface area contributed by atoms with Crippen LogP contribution < -0.4 is 10.2 Å². The largest absolute Gasteiger partial charge is 0.379 e. The lowest BCUT2D eigenvalue weighted by Crippen LogP contribution is -2.43. The van der Waals surface area contributed by atoms with Gasteiger partial charge in [0, 0.05) is 31.6 Å². The van der Waals surface area contributed by atoms with Crippen LogP contribution in [0.1, 0.15) is 37.3 Å². The van der Waals surface area contributed by atoms with E-state index in [0.29, 0.717) is 12.0 Å². The van der Waals surface area contributed by atoms with Crippen LogP contribution in [0.4, 0.5) is 5.13 Å². The van der Waals surface area contributed by atoms with E-state index in [1.54, 1.807) is 0 Å². The molecule has 4 nitrogen and oxygen atoms in total. The number of aryl methyl sites for hydroxylation is 1. The van der Waals surface area contributed by atoms with Crippen molar-refractivity contribution in [3.63, 3.8) is 0 Å². The van der Waals surface area contributed by atoms with Gasteiger partial charge in [0.05, 0.1) is 11.8 Å². The first-order valence-corrected chi connectivity index (χ1v) is 8.42. The SMILES string of the molecule is CCCc1nc(N2CCC(C)C(OC)C2)sc1CNC. The smallest absolute Gasteiger partial charge is 0.185 e. The van der Waals surface area contributed by atoms with Gasteiger partial charge in [0.25, 0.3) is 0 Å². The Bertz CT molecular complexity index is 398. The van der Waals surface area contributed by atoms with Crippen LogP contribution in [-0.4, -0.2) is 38.3 Å². The number of hydrogen-bond donors (Lipinski definition) is 1. The van der Waals surface area contributed by atoms with Gasteiger partial charge in [-0.05, 0) is 25.8 Å². The predicted molar refractivity (Wildman–Crippen MR) is 85.7 cm³/mol. The monoisotopic (exact) mass is 297 g/mol. The fourth-order valence-corrected chi connectivity index (χ4v) is 3.90. The first-order valence-electron chi connectivity index (χ1n) is 7.60. The molecule has 1 aromatic heterocycles. The number of nitrogens with one attached hydrogen (secondary N) is 1. The number of nitrogens with zero attached hydrogens (tertiary/aromatic N) is 2. The number of anilines is 1. The summed E-state index contributed by atoms with van der Waals surface area (Å²) in [6.45, 7) is 7.48. The highest BCUT2D eigenvalue weighted by molar-refractivity contribution is 7.15. The molecule has 1 aromatic rings. The van der Waals surface area contributed by atoms with E-state index in [1.165, 1.54) is 22.1 Å². The summed E-state index contributed by atoms with van der Waals surface area (Å²) in [5.41, 5.74) is 1.27. The number of rotatable bonds is 6. The molecule has 1 aliphatic rings. The molecular weight excluding hydrogens is 270 g/mol. The van der Waals surface area contributed by atoms with E-state index in [4.69, 9.17) is 9.72 Å². The van der Waals surface area contributed by atoms with Gasteiger partial charge in [0.2, 0.25) is 0 Å². The first kappa shape index (κ1) is 15.7. The molecule has 20 heavy (non-hydrogen) atoms. The zero-order valence-corrected chi connectivity index (χ0v) is 13.9. The maximum atomic E-state index is 5.61. The molecule has 114 valence electrons. The molecular formula is C15H27N3OS. The summed E-state index contributed by atoms with van der Waals surface area (Å²) in [6, 6.07) is 0. The standard InChI is InChI=1S/C15H27N3OS/c1-5-6-12-14(9-16-3)20-15(17-12)18-8-7-11(2)13(10-18)19-4/h11,13,16H,5-10H2,1-4H3. The lowest BCUT2D eigenvalue weighted by Gasteiger charge is -2.36. The number of aromatic nitrogens is 1. The van der Waals surface area contributed by atoms with E-state index in [2.05, 4.69) is 24.1 Å². The van der Waals surface area contributed by atoms with Crippen molar-refractivity contribution in [1.82, 2.24) is 10.3 Å². The van der Waals surface area contributed by atoms with Gasteiger partial charge in [-0.3, -0.25) is 0 Å². The molecule has 1 fully saturated rings. The van der Waals surface area contributed by atoms with Crippen molar-refractivity contribution < 1.29 is 4.74 Å². The van der Waals surface area contributed by atoms with Crippen molar-refractivity contribution in [3.05, 3.63) is 10.6 Å². The summed E-state index contributed by atoms with van der Waals surface area (Å²) < 4.78 is 5.61. The molecule has 0 saturated carbocycles. The Hall–Kier alpha value is -0.650. The highest BCUT2D eigenvalue weighted by Crippen LogP contribution is 2.31. The van der Waals surface area contributed by atoms with Gasteiger partial charge >= 0.3 is 0 Å². The van der Waals surface area contributed by atoms with Crippen LogP contribution >= 0.6 is 11.3 Å². The second kappa shape index (κ2) is 7.38. The van der Waals surface area contributed by atoms with E-state index in [-0.39, 0.29) is 0 Å². The van der Waals surface area contributed by atoms with Crippen molar-refractivity contribution in [2.24, 2.45) is 5.92 Å². The third-order valence-corrected chi connectivity index (χ3v) is 5.21. The molecule has 2 heterocycles. The quantitative estimate of drug-likeness (QED) is 0.876. The fraction of sp³-hybridized carbons (Fsp3) is 0.800. The zero-order chi connectivity index (χ0) is 14.5. The summed E-state index contributed by atoms with van der Waals surface area (Å²) in [7, 11) is 3.82. The lowest BCUT2D eigenvalue weighted by atomic mass is 9.96. The molecule has 2 unspecified atom stereocenters. The minimum absolute atomic E-state index is 0.329. The minimum Gasteiger partial charge on any atom is -0.379 e. The van der Waals surface area contributed by atoms with Crippen LogP contribution in [0.25, 0.3) is 0 Å². The Morgan fingerprint density at radius 2 is 2.30 bits per heavy atom. The molecule has 0 aliphatic carbocycles. The van der Waals surface area contributed by atoms with Crippen LogP contribution in [0.15, 0.2) is 0 Å². The number of methoxy groups -OCH3 is 1. The second-order valence-corrected chi connectivity index (χ2v) is 6.69. The van der Waals surface area contributed by atoms with Crippen LogP contribution in [0, 0.1) is 5.92 Å². The molecule has 1 aliphatic heterocycles. The van der Waals surface area contributed by atoms with Gasteiger partial charge in [-0.15, -0.1) is 11.3 Å². The summed E-state index contributed by atoms with van der Waals surface area (Å²) >= 11 is 1.84. The van der Waals surface area contributed by atoms with Gasteiger partial charge in [-0.2, -0.15) is 0 Å². The van der Waals surface area contributed by atoms with E-state index in [0.717, 1.165) is 32.5 Å². The van der Waals surface area contributed by atoms with E-state index >= 15 is 0 Å². The average Bonchev–Trinajstić information content (AvgIpc) is 2.83. The average molecular weight is 297 g/mol. The van der Waals surface area contributed by atoms with Crippen LogP contribution in [0.3, 0.4) is 0 Å². The van der Waals surface area contributed by atoms with Crippen LogP contribution in [0.2, 0.25) is 0 Å². The maximum absolute atomic E-state index is 5.61. The highest BCUT2D eigenvalue weighted by Gasteiger charge is 2.28. The highest BCUT2D eigenvalue weighted by atomic mass is 32.1. The summed E-state index contributed by atoms with van der Waals surface area (Å²) in [6.07, 6.45) is 3.74. The summed E-state index contributed by atoms with van der Waals surface area (Å²) in [4.78, 5) is 8.67. The predicted octanol–water partition coefficient (Wildman–Crippen LogP) is 2.68.